The average Bonchev–Trinajstić information content (AvgIpc) is 2.83. The van der Waals surface area contributed by atoms with Gasteiger partial charge in [0.1, 0.15) is 17.8 Å². The zero-order chi connectivity index (χ0) is 28.5. The van der Waals surface area contributed by atoms with Crippen molar-refractivity contribution in [3.05, 3.63) is 53.6 Å². The van der Waals surface area contributed by atoms with E-state index >= 15 is 0 Å². The average molecular weight is 533 g/mol. The van der Waals surface area contributed by atoms with E-state index in [9.17, 15) is 9.59 Å². The number of methoxy groups -OCH3 is 3. The minimum atomic E-state index is -0.841. The van der Waals surface area contributed by atoms with Gasteiger partial charge in [-0.3, -0.25) is 0 Å². The van der Waals surface area contributed by atoms with E-state index in [0.717, 1.165) is 10.6 Å². The summed E-state index contributed by atoms with van der Waals surface area (Å²) < 4.78 is 33.5. The van der Waals surface area contributed by atoms with Crippen molar-refractivity contribution >= 4 is 17.9 Å². The van der Waals surface area contributed by atoms with E-state index in [1.807, 2.05) is 30.3 Å². The molecule has 2 amide bonds. The number of rotatable bonds is 9. The number of nitrogens with zero attached hydrogens (tertiary/aromatic N) is 1. The highest BCUT2D eigenvalue weighted by Gasteiger charge is 2.30. The fraction of sp³-hybridized carbons (Fsp3) is 0.500. The minimum absolute atomic E-state index is 0.215. The highest BCUT2D eigenvalue weighted by molar-refractivity contribution is 5.92. The summed E-state index contributed by atoms with van der Waals surface area (Å²) in [6, 6.07) is 12.9. The smallest absolute Gasteiger partial charge is 0.434 e. The number of anilines is 1. The second kappa shape index (κ2) is 13.3. The van der Waals surface area contributed by atoms with Crippen molar-refractivity contribution in [1.29, 1.82) is 0 Å². The van der Waals surface area contributed by atoms with Gasteiger partial charge < -0.3 is 28.4 Å². The van der Waals surface area contributed by atoms with Gasteiger partial charge in [-0.1, -0.05) is 30.3 Å². The van der Waals surface area contributed by atoms with Crippen LogP contribution in [0.25, 0.3) is 0 Å². The Hall–Kier alpha value is -3.50. The number of carbonyl (C=O) groups excluding carboxylic acids is 2. The molecule has 0 saturated carbocycles. The van der Waals surface area contributed by atoms with Crippen molar-refractivity contribution in [1.82, 2.24) is 5.43 Å². The molecule has 38 heavy (non-hydrogen) atoms. The second-order valence-electron chi connectivity index (χ2n) is 10.4. The Balaban J connectivity index is 2.61. The number of nitrogens with one attached hydrogen (secondary N) is 1. The lowest BCUT2D eigenvalue weighted by Gasteiger charge is -2.30. The van der Waals surface area contributed by atoms with Gasteiger partial charge in [0.25, 0.3) is 0 Å². The molecule has 10 heteroatoms. The van der Waals surface area contributed by atoms with Crippen molar-refractivity contribution in [2.24, 2.45) is 0 Å². The van der Waals surface area contributed by atoms with E-state index in [4.69, 9.17) is 28.4 Å². The molecule has 0 fully saturated rings. The number of hydrogen-bond acceptors (Lipinski definition) is 8. The van der Waals surface area contributed by atoms with Crippen LogP contribution in [0.1, 0.15) is 52.7 Å². The van der Waals surface area contributed by atoms with Crippen LogP contribution in [0, 0.1) is 0 Å². The molecule has 0 unspecified atom stereocenters. The molecule has 1 N–H and O–H groups in total. The van der Waals surface area contributed by atoms with Crippen molar-refractivity contribution < 1.29 is 38.0 Å². The number of hydrogen-bond donors (Lipinski definition) is 1. The van der Waals surface area contributed by atoms with E-state index < -0.39 is 29.7 Å². The molecule has 10 nitrogen and oxygen atoms in total. The van der Waals surface area contributed by atoms with Crippen molar-refractivity contribution in [2.75, 3.05) is 26.3 Å². The normalized spacial score (nSPS) is 11.6. The second-order valence-corrected chi connectivity index (χ2v) is 10.4. The van der Waals surface area contributed by atoms with Crippen LogP contribution in [0.3, 0.4) is 0 Å². The molecule has 2 aromatic rings. The number of carbonyl (C=O) groups is 2. The third-order valence-electron chi connectivity index (χ3n) is 4.93. The zero-order valence-corrected chi connectivity index (χ0v) is 23.7. The highest BCUT2D eigenvalue weighted by atomic mass is 16.7. The Morgan fingerprint density at radius 3 is 2.00 bits per heavy atom. The van der Waals surface area contributed by atoms with Gasteiger partial charge in [-0.25, -0.2) is 15.0 Å². The van der Waals surface area contributed by atoms with Crippen molar-refractivity contribution in [3.8, 4) is 11.5 Å². The Morgan fingerprint density at radius 1 is 0.868 bits per heavy atom. The molecule has 0 aliphatic carbocycles. The standard InChI is InChI=1S/C28H40N2O8/c1-27(2,3)37-25(31)29-30(26(32)38-28(4,5)6)21-17-23(36-18-19-13-11-10-12-14-19)22(33-7)15-20(21)16-24(34-8)35-9/h10-15,17,24H,16,18H2,1-9H3,(H,29,31). The van der Waals surface area contributed by atoms with Gasteiger partial charge in [0.15, 0.2) is 17.8 Å². The Kier molecular flexibility index (Phi) is 10.8. The third kappa shape index (κ3) is 9.75. The van der Waals surface area contributed by atoms with Gasteiger partial charge in [-0.15, -0.1) is 0 Å². The summed E-state index contributed by atoms with van der Waals surface area (Å²) in [5.41, 5.74) is 2.65. The Labute approximate surface area is 225 Å². The van der Waals surface area contributed by atoms with Crippen LogP contribution >= 0.6 is 0 Å². The van der Waals surface area contributed by atoms with E-state index in [1.165, 1.54) is 21.3 Å². The molecule has 2 rings (SSSR count). The molecule has 0 saturated heterocycles. The summed E-state index contributed by atoms with van der Waals surface area (Å²) in [7, 11) is 4.53. The molecular weight excluding hydrogens is 492 g/mol. The maximum Gasteiger partial charge on any atom is 0.434 e. The minimum Gasteiger partial charge on any atom is -0.493 e. The quantitative estimate of drug-likeness (QED) is 0.328. The van der Waals surface area contributed by atoms with Gasteiger partial charge in [-0.2, -0.15) is 5.01 Å². The number of amides is 2. The summed E-state index contributed by atoms with van der Waals surface area (Å²) >= 11 is 0. The first-order valence-electron chi connectivity index (χ1n) is 12.2. The molecule has 0 spiro atoms. The summed E-state index contributed by atoms with van der Waals surface area (Å²) in [5.74, 6) is 0.771. The van der Waals surface area contributed by atoms with E-state index in [1.54, 1.807) is 53.7 Å². The van der Waals surface area contributed by atoms with Gasteiger partial charge in [0, 0.05) is 26.7 Å². The van der Waals surface area contributed by atoms with Crippen molar-refractivity contribution in [3.63, 3.8) is 0 Å². The van der Waals surface area contributed by atoms with Crippen molar-refractivity contribution in [2.45, 2.75) is 72.1 Å². The lowest BCUT2D eigenvalue weighted by molar-refractivity contribution is -0.100. The summed E-state index contributed by atoms with van der Waals surface area (Å²) in [5, 5.41) is 0.992. The monoisotopic (exact) mass is 532 g/mol. The first-order valence-corrected chi connectivity index (χ1v) is 12.2. The molecule has 2 aromatic carbocycles. The SMILES string of the molecule is COc1cc(CC(OC)OC)c(N(NC(=O)OC(C)(C)C)C(=O)OC(C)(C)C)cc1OCc1ccccc1. The topological polar surface area (TPSA) is 105 Å². The first kappa shape index (κ1) is 30.7. The molecule has 0 aliphatic rings. The van der Waals surface area contributed by atoms with Crippen LogP contribution in [0.2, 0.25) is 0 Å². The summed E-state index contributed by atoms with van der Waals surface area (Å²) in [6.07, 6.45) is -2.09. The molecule has 0 aliphatic heterocycles. The van der Waals surface area contributed by atoms with Crippen LogP contribution in [-0.4, -0.2) is 51.0 Å². The molecule has 0 heterocycles. The fourth-order valence-electron chi connectivity index (χ4n) is 3.32. The van der Waals surface area contributed by atoms with Crippen LogP contribution in [0.5, 0.6) is 11.5 Å². The molecule has 210 valence electrons. The Bertz CT molecular complexity index is 1060. The van der Waals surface area contributed by atoms with E-state index in [0.29, 0.717) is 17.1 Å². The predicted octanol–water partition coefficient (Wildman–Crippen LogP) is 5.62. The lowest BCUT2D eigenvalue weighted by Crippen LogP contribution is -2.50. The molecule has 0 aromatic heterocycles. The fourth-order valence-corrected chi connectivity index (χ4v) is 3.32. The molecular formula is C28H40N2O8. The van der Waals surface area contributed by atoms with E-state index in [-0.39, 0.29) is 18.7 Å². The zero-order valence-electron chi connectivity index (χ0n) is 23.7. The first-order chi connectivity index (χ1) is 17.8. The summed E-state index contributed by atoms with van der Waals surface area (Å²) in [4.78, 5) is 26.2. The van der Waals surface area contributed by atoms with E-state index in [2.05, 4.69) is 5.43 Å². The van der Waals surface area contributed by atoms with Gasteiger partial charge >= 0.3 is 12.2 Å². The van der Waals surface area contributed by atoms with Crippen LogP contribution in [0.15, 0.2) is 42.5 Å². The maximum atomic E-state index is 13.4. The summed E-state index contributed by atoms with van der Waals surface area (Å²) in [6.45, 7) is 10.6. The van der Waals surface area contributed by atoms with Gasteiger partial charge in [-0.05, 0) is 58.7 Å². The molecule has 0 bridgehead atoms. The highest BCUT2D eigenvalue weighted by Crippen LogP contribution is 2.37. The number of ether oxygens (including phenoxy) is 6. The lowest BCUT2D eigenvalue weighted by atomic mass is 10.1. The maximum absolute atomic E-state index is 13.4. The predicted molar refractivity (Wildman–Crippen MR) is 143 cm³/mol. The van der Waals surface area contributed by atoms with Gasteiger partial charge in [0.2, 0.25) is 0 Å². The largest absolute Gasteiger partial charge is 0.493 e. The van der Waals surface area contributed by atoms with Crippen LogP contribution in [-0.2, 0) is 32.0 Å². The van der Waals surface area contributed by atoms with Crippen LogP contribution in [0.4, 0.5) is 15.3 Å². The number of hydrazine groups is 1. The van der Waals surface area contributed by atoms with Crippen LogP contribution < -0.4 is 19.9 Å². The number of benzene rings is 2. The molecule has 0 atom stereocenters. The van der Waals surface area contributed by atoms with Gasteiger partial charge in [0.05, 0.1) is 12.8 Å². The Morgan fingerprint density at radius 2 is 1.47 bits per heavy atom. The third-order valence-corrected chi connectivity index (χ3v) is 4.93. The molecule has 0 radical (unpaired) electrons.